The van der Waals surface area contributed by atoms with Gasteiger partial charge in [0.15, 0.2) is 0 Å². The largest absolute Gasteiger partial charge is 0.483 e. The van der Waals surface area contributed by atoms with Crippen molar-refractivity contribution in [2.45, 2.75) is 45.1 Å². The molecule has 0 spiro atoms. The van der Waals surface area contributed by atoms with Gasteiger partial charge in [0.1, 0.15) is 0 Å². The Morgan fingerprint density at radius 3 is 1.88 bits per heavy atom. The molecule has 34 heavy (non-hydrogen) atoms. The van der Waals surface area contributed by atoms with E-state index >= 15 is 0 Å². The number of nitrogens with zero attached hydrogens (tertiary/aromatic N) is 5. The van der Waals surface area contributed by atoms with E-state index in [0.717, 1.165) is 35.7 Å². The molecule has 1 saturated carbocycles. The standard InChI is InChI=1S/C23H33N5.2CH2O2/c1-2-4-23(5-3-1)28-18-22(24-25-28)17-27-14-10-21(11-15-27)20-8-12-26(13-9-20)16-19-6-7-19;2*2-1-3/h1-5,18-21H,6-17H2;2*1H,(H,2,3). The first-order chi connectivity index (χ1) is 16.7. The zero-order valence-corrected chi connectivity index (χ0v) is 19.8. The number of aromatic nitrogens is 3. The molecule has 2 aliphatic heterocycles. The second kappa shape index (κ2) is 13.8. The van der Waals surface area contributed by atoms with Crippen LogP contribution in [0.3, 0.4) is 0 Å². The van der Waals surface area contributed by atoms with Crippen molar-refractivity contribution in [3.8, 4) is 5.69 Å². The minimum atomic E-state index is -0.250. The number of para-hydroxylation sites is 1. The number of hydrogen-bond acceptors (Lipinski definition) is 6. The van der Waals surface area contributed by atoms with E-state index in [9.17, 15) is 0 Å². The molecule has 0 atom stereocenters. The highest BCUT2D eigenvalue weighted by Crippen LogP contribution is 2.35. The summed E-state index contributed by atoms with van der Waals surface area (Å²) in [5.41, 5.74) is 2.16. The second-order valence-electron chi connectivity index (χ2n) is 9.40. The zero-order chi connectivity index (χ0) is 24.2. The van der Waals surface area contributed by atoms with E-state index in [0.29, 0.717) is 0 Å². The van der Waals surface area contributed by atoms with Crippen LogP contribution in [-0.4, -0.2) is 80.7 Å². The molecule has 2 saturated heterocycles. The Bertz CT molecular complexity index is 836. The number of hydrogen-bond donors (Lipinski definition) is 2. The summed E-state index contributed by atoms with van der Waals surface area (Å²) in [5, 5.41) is 22.5. The molecular weight excluding hydrogens is 434 g/mol. The third-order valence-corrected chi connectivity index (χ3v) is 7.09. The van der Waals surface area contributed by atoms with Crippen LogP contribution in [0.2, 0.25) is 0 Å². The fourth-order valence-corrected chi connectivity index (χ4v) is 5.16. The number of benzene rings is 1. The average Bonchev–Trinajstić information content (AvgIpc) is 3.56. The third kappa shape index (κ3) is 8.22. The summed E-state index contributed by atoms with van der Waals surface area (Å²) in [5.74, 6) is 2.95. The Labute approximate surface area is 201 Å². The highest BCUT2D eigenvalue weighted by molar-refractivity contribution is 5.33. The van der Waals surface area contributed by atoms with Crippen molar-refractivity contribution >= 4 is 12.9 Å². The van der Waals surface area contributed by atoms with Crippen LogP contribution in [0.5, 0.6) is 0 Å². The zero-order valence-electron chi connectivity index (χ0n) is 19.8. The van der Waals surface area contributed by atoms with Crippen LogP contribution in [0.4, 0.5) is 0 Å². The fourth-order valence-electron chi connectivity index (χ4n) is 5.16. The molecule has 0 bridgehead atoms. The van der Waals surface area contributed by atoms with Gasteiger partial charge in [-0.1, -0.05) is 23.4 Å². The monoisotopic (exact) mass is 471 g/mol. The number of rotatable bonds is 6. The van der Waals surface area contributed by atoms with Crippen molar-refractivity contribution in [1.82, 2.24) is 24.8 Å². The Hall–Kier alpha value is -2.78. The van der Waals surface area contributed by atoms with E-state index < -0.39 is 0 Å². The summed E-state index contributed by atoms with van der Waals surface area (Å²) >= 11 is 0. The quantitative estimate of drug-likeness (QED) is 0.619. The molecule has 9 heteroatoms. The molecule has 2 aromatic rings. The molecule has 5 rings (SSSR count). The van der Waals surface area contributed by atoms with Gasteiger partial charge in [0, 0.05) is 13.1 Å². The van der Waals surface area contributed by atoms with Gasteiger partial charge in [-0.25, -0.2) is 4.68 Å². The molecule has 0 unspecified atom stereocenters. The lowest BCUT2D eigenvalue weighted by Gasteiger charge is -2.40. The predicted octanol–water partition coefficient (Wildman–Crippen LogP) is 3.00. The van der Waals surface area contributed by atoms with Gasteiger partial charge >= 0.3 is 0 Å². The van der Waals surface area contributed by atoms with E-state index in [-0.39, 0.29) is 12.9 Å². The fraction of sp³-hybridized carbons (Fsp3) is 0.600. The Morgan fingerprint density at radius 2 is 1.35 bits per heavy atom. The van der Waals surface area contributed by atoms with Gasteiger partial charge in [-0.2, -0.15) is 0 Å². The van der Waals surface area contributed by atoms with Gasteiger partial charge in [-0.15, -0.1) is 5.10 Å². The molecule has 3 fully saturated rings. The first-order valence-electron chi connectivity index (χ1n) is 12.2. The van der Waals surface area contributed by atoms with Gasteiger partial charge in [0.05, 0.1) is 17.6 Å². The SMILES string of the molecule is O=CO.O=CO.c1ccc(-n2cc(CN3CCC(C4CCN(CC5CC5)CC4)CC3)nn2)cc1. The smallest absolute Gasteiger partial charge is 0.290 e. The molecule has 9 nitrogen and oxygen atoms in total. The van der Waals surface area contributed by atoms with Crippen molar-refractivity contribution < 1.29 is 19.8 Å². The van der Waals surface area contributed by atoms with Crippen LogP contribution in [0.25, 0.3) is 5.69 Å². The summed E-state index contributed by atoms with van der Waals surface area (Å²) in [4.78, 5) is 22.0. The minimum absolute atomic E-state index is 0.250. The summed E-state index contributed by atoms with van der Waals surface area (Å²) in [6.45, 7) is 6.94. The molecule has 0 amide bonds. The maximum atomic E-state index is 8.36. The van der Waals surface area contributed by atoms with Crippen LogP contribution >= 0.6 is 0 Å². The van der Waals surface area contributed by atoms with E-state index in [2.05, 4.69) is 38.4 Å². The molecule has 1 aromatic carbocycles. The van der Waals surface area contributed by atoms with Gasteiger partial charge in [-0.05, 0) is 94.6 Å². The van der Waals surface area contributed by atoms with Gasteiger partial charge in [0.25, 0.3) is 12.9 Å². The second-order valence-corrected chi connectivity index (χ2v) is 9.40. The summed E-state index contributed by atoms with van der Waals surface area (Å²) in [7, 11) is 0. The van der Waals surface area contributed by atoms with E-state index in [1.165, 1.54) is 71.2 Å². The van der Waals surface area contributed by atoms with Crippen LogP contribution in [0, 0.1) is 17.8 Å². The molecule has 0 radical (unpaired) electrons. The van der Waals surface area contributed by atoms with Gasteiger partial charge < -0.3 is 15.1 Å². The molecule has 3 heterocycles. The van der Waals surface area contributed by atoms with Crippen LogP contribution < -0.4 is 0 Å². The van der Waals surface area contributed by atoms with Crippen molar-refractivity contribution in [2.24, 2.45) is 17.8 Å². The first kappa shape index (κ1) is 25.8. The molecular formula is C25H37N5O4. The van der Waals surface area contributed by atoms with Crippen molar-refractivity contribution in [1.29, 1.82) is 0 Å². The lowest BCUT2D eigenvalue weighted by Crippen LogP contribution is -2.41. The number of likely N-dealkylation sites (tertiary alicyclic amines) is 2. The van der Waals surface area contributed by atoms with Crippen LogP contribution in [0.15, 0.2) is 36.5 Å². The lowest BCUT2D eigenvalue weighted by molar-refractivity contribution is -0.123. The average molecular weight is 472 g/mol. The lowest BCUT2D eigenvalue weighted by atomic mass is 9.78. The summed E-state index contributed by atoms with van der Waals surface area (Å²) < 4.78 is 1.89. The number of carboxylic acid groups (broad SMARTS) is 2. The van der Waals surface area contributed by atoms with Crippen LogP contribution in [0.1, 0.15) is 44.2 Å². The van der Waals surface area contributed by atoms with Gasteiger partial charge in [-0.3, -0.25) is 14.5 Å². The maximum absolute atomic E-state index is 8.36. The molecule has 1 aromatic heterocycles. The van der Waals surface area contributed by atoms with Crippen molar-refractivity contribution in [3.63, 3.8) is 0 Å². The predicted molar refractivity (Wildman–Crippen MR) is 129 cm³/mol. The highest BCUT2D eigenvalue weighted by Gasteiger charge is 2.31. The Balaban J connectivity index is 0.000000492. The number of piperidine rings is 2. The normalized spacial score (nSPS) is 19.9. The summed E-state index contributed by atoms with van der Waals surface area (Å²) in [6, 6.07) is 10.2. The molecule has 3 aliphatic rings. The highest BCUT2D eigenvalue weighted by atomic mass is 16.3. The maximum Gasteiger partial charge on any atom is 0.290 e. The number of carbonyl (C=O) groups is 2. The van der Waals surface area contributed by atoms with E-state index in [1.54, 1.807) is 0 Å². The molecule has 186 valence electrons. The minimum Gasteiger partial charge on any atom is -0.483 e. The first-order valence-corrected chi connectivity index (χ1v) is 12.2. The van der Waals surface area contributed by atoms with Crippen LogP contribution in [-0.2, 0) is 16.1 Å². The van der Waals surface area contributed by atoms with E-state index in [4.69, 9.17) is 19.8 Å². The van der Waals surface area contributed by atoms with Crippen molar-refractivity contribution in [2.75, 3.05) is 32.7 Å². The Morgan fingerprint density at radius 1 is 0.824 bits per heavy atom. The van der Waals surface area contributed by atoms with Gasteiger partial charge in [0.2, 0.25) is 0 Å². The van der Waals surface area contributed by atoms with Crippen molar-refractivity contribution in [3.05, 3.63) is 42.2 Å². The summed E-state index contributed by atoms with van der Waals surface area (Å²) in [6.07, 6.45) is 10.6. The molecule has 1 aliphatic carbocycles. The third-order valence-electron chi connectivity index (χ3n) is 7.09. The molecule has 2 N–H and O–H groups in total. The topological polar surface area (TPSA) is 112 Å². The Kier molecular flexibility index (Phi) is 10.5. The van der Waals surface area contributed by atoms with E-state index in [1.807, 2.05) is 22.9 Å².